The van der Waals surface area contributed by atoms with E-state index in [1.54, 1.807) is 6.20 Å². The van der Waals surface area contributed by atoms with Crippen LogP contribution in [0.25, 0.3) is 10.8 Å². The number of fused-ring (bicyclic) bond motifs is 1. The van der Waals surface area contributed by atoms with Gasteiger partial charge in [0.05, 0.1) is 0 Å². The number of carbonyl (C=O) groups excluding carboxylic acids is 2. The van der Waals surface area contributed by atoms with E-state index in [0.29, 0.717) is 17.3 Å². The Bertz CT molecular complexity index is 1210. The summed E-state index contributed by atoms with van der Waals surface area (Å²) < 4.78 is 0. The molecule has 3 aromatic rings. The Morgan fingerprint density at radius 1 is 0.941 bits per heavy atom. The fourth-order valence-corrected chi connectivity index (χ4v) is 4.48. The van der Waals surface area contributed by atoms with Crippen molar-refractivity contribution in [2.24, 2.45) is 5.92 Å². The lowest BCUT2D eigenvalue weighted by atomic mass is 9.78. The Morgan fingerprint density at radius 3 is 2.29 bits per heavy atom. The Hall–Kier alpha value is -3.74. The molecule has 4 rings (SSSR count). The molecule has 0 bridgehead atoms. The summed E-state index contributed by atoms with van der Waals surface area (Å²) in [6.45, 7) is 2.99. The highest BCUT2D eigenvalue weighted by Crippen LogP contribution is 2.36. The van der Waals surface area contributed by atoms with Gasteiger partial charge in [-0.15, -0.1) is 0 Å². The van der Waals surface area contributed by atoms with Crippen LogP contribution in [0.5, 0.6) is 0 Å². The lowest BCUT2D eigenvalue weighted by molar-refractivity contribution is -0.146. The number of nitrogens with one attached hydrogen (secondary N) is 2. The predicted octanol–water partition coefficient (Wildman–Crippen LogP) is 4.74. The molecule has 1 aliphatic carbocycles. The number of aromatic nitrogens is 1. The summed E-state index contributed by atoms with van der Waals surface area (Å²) in [4.78, 5) is 40.8. The molecule has 3 N–H and O–H groups in total. The Balaban J connectivity index is 1.35. The van der Waals surface area contributed by atoms with Crippen molar-refractivity contribution in [3.05, 3.63) is 72.1 Å². The van der Waals surface area contributed by atoms with Crippen molar-refractivity contribution >= 4 is 34.2 Å². The maximum atomic E-state index is 12.8. The van der Waals surface area contributed by atoms with Crippen molar-refractivity contribution in [2.45, 2.75) is 51.0 Å². The molecule has 0 unspecified atom stereocenters. The van der Waals surface area contributed by atoms with Crippen LogP contribution in [0.4, 0.5) is 5.69 Å². The average Bonchev–Trinajstić information content (AvgIpc) is 2.84. The first-order valence-corrected chi connectivity index (χ1v) is 11.5. The topological polar surface area (TPSA) is 108 Å². The summed E-state index contributed by atoms with van der Waals surface area (Å²) in [6, 6.07) is 17.4. The van der Waals surface area contributed by atoms with Gasteiger partial charge in [0.25, 0.3) is 5.91 Å². The van der Waals surface area contributed by atoms with E-state index in [1.807, 2.05) is 54.6 Å². The number of benzene rings is 2. The van der Waals surface area contributed by atoms with E-state index >= 15 is 0 Å². The molecule has 2 amide bonds. The second-order valence-corrected chi connectivity index (χ2v) is 9.42. The number of aliphatic carboxylic acids is 1. The molecule has 1 heterocycles. The summed E-state index contributed by atoms with van der Waals surface area (Å²) in [5, 5.41) is 16.6. The van der Waals surface area contributed by atoms with Gasteiger partial charge in [-0.05, 0) is 74.6 Å². The minimum Gasteiger partial charge on any atom is -0.480 e. The first-order chi connectivity index (χ1) is 16.2. The third kappa shape index (κ3) is 5.09. The van der Waals surface area contributed by atoms with Gasteiger partial charge < -0.3 is 15.7 Å². The smallest absolute Gasteiger partial charge is 0.328 e. The Labute approximate surface area is 198 Å². The van der Waals surface area contributed by atoms with Crippen LogP contribution in [-0.2, 0) is 9.59 Å². The van der Waals surface area contributed by atoms with Crippen LogP contribution in [0.1, 0.15) is 61.5 Å². The van der Waals surface area contributed by atoms with Crippen LogP contribution in [0.2, 0.25) is 0 Å². The number of anilines is 1. The lowest BCUT2D eigenvalue weighted by Crippen LogP contribution is -2.51. The van der Waals surface area contributed by atoms with E-state index in [0.717, 1.165) is 36.5 Å². The SMILES string of the molecule is CC(C)(NC(=O)[C@H]1CC[C@@H](c2ccc(NC(=O)c3nccc4ccccc34)cc2)CC1)C(=O)O. The van der Waals surface area contributed by atoms with Gasteiger partial charge in [-0.25, -0.2) is 4.79 Å². The molecule has 2 aromatic carbocycles. The molecule has 176 valence electrons. The standard InChI is InChI=1S/C27H29N3O4/c1-27(2,26(33)34)30-24(31)20-9-7-17(8-10-20)18-11-13-21(14-12-18)29-25(32)23-22-6-4-3-5-19(22)15-16-28-23/h3-6,11-17,20H,7-10H2,1-2H3,(H,29,32)(H,30,31)(H,33,34)/t17-,20+. The molecular formula is C27H29N3O4. The van der Waals surface area contributed by atoms with Gasteiger partial charge in [0.15, 0.2) is 0 Å². The molecule has 0 saturated heterocycles. The molecule has 0 aliphatic heterocycles. The van der Waals surface area contributed by atoms with Gasteiger partial charge in [0, 0.05) is 23.2 Å². The minimum atomic E-state index is -1.27. The third-order valence-electron chi connectivity index (χ3n) is 6.60. The second-order valence-electron chi connectivity index (χ2n) is 9.42. The number of carboxylic acid groups (broad SMARTS) is 1. The van der Waals surface area contributed by atoms with Crippen LogP contribution in [-0.4, -0.2) is 33.4 Å². The van der Waals surface area contributed by atoms with Crippen molar-refractivity contribution in [1.82, 2.24) is 10.3 Å². The zero-order valence-corrected chi connectivity index (χ0v) is 19.4. The molecular weight excluding hydrogens is 430 g/mol. The molecule has 0 spiro atoms. The van der Waals surface area contributed by atoms with E-state index in [2.05, 4.69) is 15.6 Å². The number of amides is 2. The van der Waals surface area contributed by atoms with Crippen molar-refractivity contribution < 1.29 is 19.5 Å². The van der Waals surface area contributed by atoms with Gasteiger partial charge in [0.2, 0.25) is 5.91 Å². The summed E-state index contributed by atoms with van der Waals surface area (Å²) in [5.74, 6) is -1.31. The molecule has 0 radical (unpaired) electrons. The second kappa shape index (κ2) is 9.63. The first-order valence-electron chi connectivity index (χ1n) is 11.5. The van der Waals surface area contributed by atoms with Crippen molar-refractivity contribution in [2.75, 3.05) is 5.32 Å². The molecule has 1 fully saturated rings. The maximum absolute atomic E-state index is 12.8. The molecule has 0 atom stereocenters. The number of carbonyl (C=O) groups is 3. The number of nitrogens with zero attached hydrogens (tertiary/aromatic N) is 1. The van der Waals surface area contributed by atoms with E-state index < -0.39 is 11.5 Å². The van der Waals surface area contributed by atoms with Crippen LogP contribution in [0.3, 0.4) is 0 Å². The van der Waals surface area contributed by atoms with Crippen molar-refractivity contribution in [1.29, 1.82) is 0 Å². The molecule has 1 aliphatic rings. The highest BCUT2D eigenvalue weighted by Gasteiger charge is 2.33. The fourth-order valence-electron chi connectivity index (χ4n) is 4.48. The highest BCUT2D eigenvalue weighted by molar-refractivity contribution is 6.11. The molecule has 7 nitrogen and oxygen atoms in total. The number of rotatable bonds is 6. The van der Waals surface area contributed by atoms with Gasteiger partial charge in [-0.3, -0.25) is 14.6 Å². The van der Waals surface area contributed by atoms with Crippen LogP contribution in [0, 0.1) is 5.92 Å². The van der Waals surface area contributed by atoms with Crippen molar-refractivity contribution in [3.8, 4) is 0 Å². The third-order valence-corrected chi connectivity index (χ3v) is 6.60. The number of hydrogen-bond donors (Lipinski definition) is 3. The first kappa shape index (κ1) is 23.4. The Kier molecular flexibility index (Phi) is 6.63. The molecule has 34 heavy (non-hydrogen) atoms. The molecule has 1 aromatic heterocycles. The monoisotopic (exact) mass is 459 g/mol. The minimum absolute atomic E-state index is 0.165. The van der Waals surface area contributed by atoms with E-state index in [-0.39, 0.29) is 17.7 Å². The normalized spacial score (nSPS) is 18.3. The van der Waals surface area contributed by atoms with E-state index in [1.165, 1.54) is 19.4 Å². The van der Waals surface area contributed by atoms with Gasteiger partial charge in [-0.1, -0.05) is 36.4 Å². The largest absolute Gasteiger partial charge is 0.480 e. The van der Waals surface area contributed by atoms with Crippen LogP contribution in [0.15, 0.2) is 60.8 Å². The average molecular weight is 460 g/mol. The summed E-state index contributed by atoms with van der Waals surface area (Å²) in [5.41, 5.74) is 0.999. The van der Waals surface area contributed by atoms with Crippen molar-refractivity contribution in [3.63, 3.8) is 0 Å². The van der Waals surface area contributed by atoms with Gasteiger partial charge in [0.1, 0.15) is 11.2 Å². The molecule has 7 heteroatoms. The highest BCUT2D eigenvalue weighted by atomic mass is 16.4. The fraction of sp³-hybridized carbons (Fsp3) is 0.333. The van der Waals surface area contributed by atoms with Gasteiger partial charge >= 0.3 is 5.97 Å². The maximum Gasteiger partial charge on any atom is 0.328 e. The van der Waals surface area contributed by atoms with Crippen LogP contribution >= 0.6 is 0 Å². The van der Waals surface area contributed by atoms with E-state index in [9.17, 15) is 19.5 Å². The lowest BCUT2D eigenvalue weighted by Gasteiger charge is -2.30. The Morgan fingerprint density at radius 2 is 1.62 bits per heavy atom. The quantitative estimate of drug-likeness (QED) is 0.493. The summed E-state index contributed by atoms with van der Waals surface area (Å²) >= 11 is 0. The predicted molar refractivity (Wildman–Crippen MR) is 131 cm³/mol. The number of hydrogen-bond acceptors (Lipinski definition) is 4. The zero-order chi connectivity index (χ0) is 24.3. The number of pyridine rings is 1. The molecule has 1 saturated carbocycles. The summed E-state index contributed by atoms with van der Waals surface area (Å²) in [7, 11) is 0. The zero-order valence-electron chi connectivity index (χ0n) is 19.4. The van der Waals surface area contributed by atoms with Crippen LogP contribution < -0.4 is 10.6 Å². The van der Waals surface area contributed by atoms with Gasteiger partial charge in [-0.2, -0.15) is 0 Å². The summed E-state index contributed by atoms with van der Waals surface area (Å²) in [6.07, 6.45) is 4.79. The number of carboxylic acids is 1. The van der Waals surface area contributed by atoms with E-state index in [4.69, 9.17) is 0 Å².